The van der Waals surface area contributed by atoms with E-state index >= 15 is 0 Å². The molecule has 0 saturated heterocycles. The largest absolute Gasteiger partial charge is 0.488 e. The minimum atomic E-state index is 0.422. The molecule has 0 radical (unpaired) electrons. The zero-order valence-corrected chi connectivity index (χ0v) is 13.3. The molecule has 0 N–H and O–H groups in total. The summed E-state index contributed by atoms with van der Waals surface area (Å²) in [5.41, 5.74) is 3.27. The van der Waals surface area contributed by atoms with Crippen molar-refractivity contribution in [2.24, 2.45) is 0 Å². The van der Waals surface area contributed by atoms with E-state index in [4.69, 9.17) is 14.7 Å². The molecule has 0 amide bonds. The Bertz CT molecular complexity index is 870. The fourth-order valence-electron chi connectivity index (χ4n) is 2.43. The Kier molecular flexibility index (Phi) is 4.73. The van der Waals surface area contributed by atoms with Gasteiger partial charge in [0.05, 0.1) is 18.7 Å². The number of benzene rings is 2. The molecule has 0 saturated carbocycles. The second kappa shape index (κ2) is 7.30. The predicted molar refractivity (Wildman–Crippen MR) is 91.7 cm³/mol. The van der Waals surface area contributed by atoms with Crippen LogP contribution in [-0.4, -0.2) is 12.1 Å². The molecule has 0 aliphatic rings. The van der Waals surface area contributed by atoms with Gasteiger partial charge in [-0.2, -0.15) is 5.26 Å². The van der Waals surface area contributed by atoms with Gasteiger partial charge in [-0.25, -0.2) is 4.98 Å². The molecule has 0 aliphatic heterocycles. The van der Waals surface area contributed by atoms with Crippen LogP contribution in [0.4, 0.5) is 0 Å². The first-order valence-electron chi connectivity index (χ1n) is 7.52. The summed E-state index contributed by atoms with van der Waals surface area (Å²) in [5, 5.41) is 9.17. The molecule has 3 rings (SSSR count). The van der Waals surface area contributed by atoms with Crippen LogP contribution in [-0.2, 0) is 6.61 Å². The number of hydrogen-bond acceptors (Lipinski definition) is 4. The first-order valence-corrected chi connectivity index (χ1v) is 7.52. The third kappa shape index (κ3) is 3.36. The Morgan fingerprint density at radius 3 is 2.58 bits per heavy atom. The van der Waals surface area contributed by atoms with Gasteiger partial charge in [-0.05, 0) is 35.9 Å². The van der Waals surface area contributed by atoms with E-state index < -0.39 is 0 Å². The summed E-state index contributed by atoms with van der Waals surface area (Å²) in [6.07, 6.45) is 1.68. The molecule has 0 unspecified atom stereocenters. The van der Waals surface area contributed by atoms with Crippen molar-refractivity contribution in [1.29, 1.82) is 5.26 Å². The molecule has 0 spiro atoms. The van der Waals surface area contributed by atoms with Crippen LogP contribution in [0.1, 0.15) is 11.1 Å². The number of ether oxygens (including phenoxy) is 2. The summed E-state index contributed by atoms with van der Waals surface area (Å²) in [5.74, 6) is 1.15. The van der Waals surface area contributed by atoms with Gasteiger partial charge in [0, 0.05) is 17.3 Å². The van der Waals surface area contributed by atoms with E-state index in [1.54, 1.807) is 25.4 Å². The smallest absolute Gasteiger partial charge is 0.221 e. The Hall–Kier alpha value is -3.32. The second-order valence-electron chi connectivity index (χ2n) is 5.16. The fraction of sp³-hybridized carbons (Fsp3) is 0.100. The highest BCUT2D eigenvalue weighted by Gasteiger charge is 2.13. The zero-order chi connectivity index (χ0) is 16.8. The first-order chi connectivity index (χ1) is 11.8. The van der Waals surface area contributed by atoms with E-state index in [2.05, 4.69) is 11.1 Å². The number of rotatable bonds is 5. The quantitative estimate of drug-likeness (QED) is 0.707. The van der Waals surface area contributed by atoms with Crippen LogP contribution in [0.15, 0.2) is 66.9 Å². The van der Waals surface area contributed by atoms with Crippen LogP contribution < -0.4 is 9.47 Å². The van der Waals surface area contributed by atoms with Gasteiger partial charge >= 0.3 is 0 Å². The van der Waals surface area contributed by atoms with Gasteiger partial charge in [0.2, 0.25) is 5.88 Å². The molecule has 4 nitrogen and oxygen atoms in total. The van der Waals surface area contributed by atoms with Crippen LogP contribution in [0.3, 0.4) is 0 Å². The molecule has 3 aromatic rings. The SMILES string of the molecule is COc1ncccc1-c1ccc(C#N)cc1OCc1ccccc1. The predicted octanol–water partition coefficient (Wildman–Crippen LogP) is 4.21. The van der Waals surface area contributed by atoms with Crippen LogP contribution in [0.2, 0.25) is 0 Å². The van der Waals surface area contributed by atoms with E-state index in [1.165, 1.54) is 0 Å². The van der Waals surface area contributed by atoms with Gasteiger partial charge < -0.3 is 9.47 Å². The van der Waals surface area contributed by atoms with Crippen molar-refractivity contribution in [2.75, 3.05) is 7.11 Å². The van der Waals surface area contributed by atoms with Gasteiger partial charge in [-0.3, -0.25) is 0 Å². The van der Waals surface area contributed by atoms with Gasteiger partial charge in [-0.1, -0.05) is 30.3 Å². The number of nitrogens with zero attached hydrogens (tertiary/aromatic N) is 2. The molecule has 1 aromatic heterocycles. The zero-order valence-electron chi connectivity index (χ0n) is 13.3. The number of methoxy groups -OCH3 is 1. The third-order valence-corrected chi connectivity index (χ3v) is 3.60. The van der Waals surface area contributed by atoms with Crippen molar-refractivity contribution in [1.82, 2.24) is 4.98 Å². The maximum atomic E-state index is 9.17. The Balaban J connectivity index is 1.99. The number of nitriles is 1. The summed E-state index contributed by atoms with van der Waals surface area (Å²) >= 11 is 0. The van der Waals surface area contributed by atoms with Crippen molar-refractivity contribution in [3.63, 3.8) is 0 Å². The highest BCUT2D eigenvalue weighted by atomic mass is 16.5. The Labute approximate surface area is 140 Å². The number of pyridine rings is 1. The number of hydrogen-bond donors (Lipinski definition) is 0. The highest BCUT2D eigenvalue weighted by Crippen LogP contribution is 2.36. The third-order valence-electron chi connectivity index (χ3n) is 3.60. The summed E-state index contributed by atoms with van der Waals surface area (Å²) in [6, 6.07) is 21.2. The maximum Gasteiger partial charge on any atom is 0.221 e. The lowest BCUT2D eigenvalue weighted by molar-refractivity contribution is 0.307. The van der Waals surface area contributed by atoms with Crippen LogP contribution in [0, 0.1) is 11.3 Å². The normalized spacial score (nSPS) is 10.0. The van der Waals surface area contributed by atoms with E-state index in [0.717, 1.165) is 16.7 Å². The van der Waals surface area contributed by atoms with Gasteiger partial charge in [0.1, 0.15) is 12.4 Å². The monoisotopic (exact) mass is 316 g/mol. The summed E-state index contributed by atoms with van der Waals surface area (Å²) < 4.78 is 11.3. The molecular weight excluding hydrogens is 300 g/mol. The van der Waals surface area contributed by atoms with E-state index in [-0.39, 0.29) is 0 Å². The van der Waals surface area contributed by atoms with Gasteiger partial charge in [0.25, 0.3) is 0 Å². The standard InChI is InChI=1S/C20H16N2O2/c1-23-20-18(8-5-11-22-20)17-10-9-16(13-21)12-19(17)24-14-15-6-3-2-4-7-15/h2-12H,14H2,1H3. The van der Waals surface area contributed by atoms with Crippen LogP contribution in [0.5, 0.6) is 11.6 Å². The number of aromatic nitrogens is 1. The molecule has 0 aliphatic carbocycles. The average Bonchev–Trinajstić information content (AvgIpc) is 2.67. The average molecular weight is 316 g/mol. The van der Waals surface area contributed by atoms with E-state index in [9.17, 15) is 0 Å². The Morgan fingerprint density at radius 1 is 1.00 bits per heavy atom. The molecule has 0 atom stereocenters. The van der Waals surface area contributed by atoms with Crippen molar-refractivity contribution in [3.8, 4) is 28.8 Å². The topological polar surface area (TPSA) is 55.1 Å². The maximum absolute atomic E-state index is 9.17. The van der Waals surface area contributed by atoms with Crippen molar-refractivity contribution < 1.29 is 9.47 Å². The van der Waals surface area contributed by atoms with Crippen molar-refractivity contribution in [3.05, 3.63) is 78.0 Å². The molecule has 0 fully saturated rings. The summed E-state index contributed by atoms with van der Waals surface area (Å²) in [6.45, 7) is 0.422. The van der Waals surface area contributed by atoms with Crippen molar-refractivity contribution in [2.45, 2.75) is 6.61 Å². The lowest BCUT2D eigenvalue weighted by atomic mass is 10.0. The molecule has 24 heavy (non-hydrogen) atoms. The van der Waals surface area contributed by atoms with E-state index in [1.807, 2.05) is 48.5 Å². The van der Waals surface area contributed by atoms with E-state index in [0.29, 0.717) is 23.8 Å². The second-order valence-corrected chi connectivity index (χ2v) is 5.16. The van der Waals surface area contributed by atoms with Crippen LogP contribution >= 0.6 is 0 Å². The fourth-order valence-corrected chi connectivity index (χ4v) is 2.43. The molecule has 0 bridgehead atoms. The molecular formula is C20H16N2O2. The minimum Gasteiger partial charge on any atom is -0.488 e. The lowest BCUT2D eigenvalue weighted by Gasteiger charge is -2.14. The molecule has 4 heteroatoms. The lowest BCUT2D eigenvalue weighted by Crippen LogP contribution is -1.99. The highest BCUT2D eigenvalue weighted by molar-refractivity contribution is 5.75. The molecule has 118 valence electrons. The summed E-state index contributed by atoms with van der Waals surface area (Å²) in [7, 11) is 1.58. The Morgan fingerprint density at radius 2 is 1.83 bits per heavy atom. The molecule has 1 heterocycles. The van der Waals surface area contributed by atoms with Crippen molar-refractivity contribution >= 4 is 0 Å². The summed E-state index contributed by atoms with van der Waals surface area (Å²) in [4.78, 5) is 4.23. The minimum absolute atomic E-state index is 0.422. The first kappa shape index (κ1) is 15.6. The van der Waals surface area contributed by atoms with Gasteiger partial charge in [0.15, 0.2) is 0 Å². The van der Waals surface area contributed by atoms with Gasteiger partial charge in [-0.15, -0.1) is 0 Å². The van der Waals surface area contributed by atoms with Crippen LogP contribution in [0.25, 0.3) is 11.1 Å². The molecule has 2 aromatic carbocycles.